The lowest BCUT2D eigenvalue weighted by Crippen LogP contribution is -2.33. The van der Waals surface area contributed by atoms with Gasteiger partial charge in [-0.15, -0.1) is 24.8 Å². The van der Waals surface area contributed by atoms with Crippen molar-refractivity contribution in [2.45, 2.75) is 31.5 Å². The molecule has 2 fully saturated rings. The molecular formula is C7H16Cl2N2O. The lowest BCUT2D eigenvalue weighted by molar-refractivity contribution is 0.0924. The molecule has 0 aromatic carbocycles. The van der Waals surface area contributed by atoms with E-state index < -0.39 is 0 Å². The molecule has 2 rings (SSSR count). The zero-order valence-electron chi connectivity index (χ0n) is 6.86. The second kappa shape index (κ2) is 5.25. The lowest BCUT2D eigenvalue weighted by Gasteiger charge is -2.16. The van der Waals surface area contributed by atoms with Gasteiger partial charge in [0.25, 0.3) is 0 Å². The minimum absolute atomic E-state index is 0. The van der Waals surface area contributed by atoms with E-state index in [1.54, 1.807) is 0 Å². The first-order chi connectivity index (χ1) is 4.90. The number of hydrogen-bond acceptors (Lipinski definition) is 3. The fourth-order valence-electron chi connectivity index (χ4n) is 2.11. The van der Waals surface area contributed by atoms with Gasteiger partial charge in [-0.3, -0.25) is 11.3 Å². The van der Waals surface area contributed by atoms with Crippen LogP contribution in [0.3, 0.4) is 0 Å². The summed E-state index contributed by atoms with van der Waals surface area (Å²) in [6.45, 7) is 0.918. The molecule has 3 N–H and O–H groups in total. The summed E-state index contributed by atoms with van der Waals surface area (Å²) >= 11 is 0. The largest absolute Gasteiger partial charge is 0.375 e. The summed E-state index contributed by atoms with van der Waals surface area (Å²) in [5, 5.41) is 0. The summed E-state index contributed by atoms with van der Waals surface area (Å²) in [5.74, 6) is 5.92. The van der Waals surface area contributed by atoms with Gasteiger partial charge in [-0.05, 0) is 19.3 Å². The van der Waals surface area contributed by atoms with Gasteiger partial charge in [-0.2, -0.15) is 0 Å². The maximum atomic E-state index is 5.64. The first kappa shape index (κ1) is 12.5. The van der Waals surface area contributed by atoms with Crippen LogP contribution in [0.15, 0.2) is 0 Å². The molecule has 12 heavy (non-hydrogen) atoms. The lowest BCUT2D eigenvalue weighted by atomic mass is 9.89. The molecular weight excluding hydrogens is 199 g/mol. The van der Waals surface area contributed by atoms with Crippen LogP contribution < -0.4 is 11.3 Å². The fourth-order valence-corrected chi connectivity index (χ4v) is 2.11. The van der Waals surface area contributed by atoms with E-state index in [1.165, 1.54) is 19.3 Å². The summed E-state index contributed by atoms with van der Waals surface area (Å²) in [6.07, 6.45) is 4.81. The second-order valence-electron chi connectivity index (χ2n) is 3.28. The van der Waals surface area contributed by atoms with Crippen molar-refractivity contribution < 1.29 is 4.74 Å². The number of ether oxygens (including phenoxy) is 1. The Labute approximate surface area is 85.2 Å². The van der Waals surface area contributed by atoms with E-state index in [0.717, 1.165) is 6.54 Å². The third-order valence-corrected chi connectivity index (χ3v) is 2.61. The molecule has 0 amide bonds. The van der Waals surface area contributed by atoms with Crippen LogP contribution in [0.5, 0.6) is 0 Å². The van der Waals surface area contributed by atoms with Crippen LogP contribution in [0.2, 0.25) is 0 Å². The van der Waals surface area contributed by atoms with Gasteiger partial charge in [-0.25, -0.2) is 0 Å². The highest BCUT2D eigenvalue weighted by Crippen LogP contribution is 2.38. The van der Waals surface area contributed by atoms with Crippen LogP contribution >= 0.6 is 24.8 Å². The van der Waals surface area contributed by atoms with Crippen LogP contribution in [0.1, 0.15) is 19.3 Å². The summed E-state index contributed by atoms with van der Waals surface area (Å²) in [5.41, 5.74) is 2.71. The van der Waals surface area contributed by atoms with Gasteiger partial charge >= 0.3 is 0 Å². The van der Waals surface area contributed by atoms with E-state index >= 15 is 0 Å². The Morgan fingerprint density at radius 3 is 2.50 bits per heavy atom. The van der Waals surface area contributed by atoms with E-state index in [4.69, 9.17) is 10.6 Å². The maximum Gasteiger partial charge on any atom is 0.0621 e. The minimum atomic E-state index is 0. The van der Waals surface area contributed by atoms with Gasteiger partial charge in [0.1, 0.15) is 0 Å². The first-order valence-corrected chi connectivity index (χ1v) is 3.99. The highest BCUT2D eigenvalue weighted by atomic mass is 35.5. The average Bonchev–Trinajstić information content (AvgIpc) is 2.48. The molecule has 2 saturated heterocycles. The van der Waals surface area contributed by atoms with Crippen LogP contribution in [-0.4, -0.2) is 18.8 Å². The predicted molar refractivity (Wildman–Crippen MR) is 52.7 cm³/mol. The molecule has 2 aliphatic heterocycles. The minimum Gasteiger partial charge on any atom is -0.375 e. The van der Waals surface area contributed by atoms with Crippen LogP contribution in [0, 0.1) is 5.92 Å². The van der Waals surface area contributed by atoms with Crippen molar-refractivity contribution in [3.05, 3.63) is 0 Å². The number of rotatable bonds is 2. The highest BCUT2D eigenvalue weighted by molar-refractivity contribution is 5.85. The summed E-state index contributed by atoms with van der Waals surface area (Å²) in [6, 6.07) is 0. The molecule has 0 aromatic rings. The molecule has 0 radical (unpaired) electrons. The highest BCUT2D eigenvalue weighted by Gasteiger charge is 2.39. The fraction of sp³-hybridized carbons (Fsp3) is 1.00. The predicted octanol–water partition coefficient (Wildman–Crippen LogP) is 0.861. The monoisotopic (exact) mass is 214 g/mol. The van der Waals surface area contributed by atoms with E-state index in [0.29, 0.717) is 18.1 Å². The molecule has 0 aromatic heterocycles. The van der Waals surface area contributed by atoms with Crippen molar-refractivity contribution >= 4 is 24.8 Å². The Morgan fingerprint density at radius 2 is 2.08 bits per heavy atom. The van der Waals surface area contributed by atoms with Crippen LogP contribution in [0.25, 0.3) is 0 Å². The van der Waals surface area contributed by atoms with Crippen LogP contribution in [0.4, 0.5) is 0 Å². The summed E-state index contributed by atoms with van der Waals surface area (Å²) in [4.78, 5) is 0. The van der Waals surface area contributed by atoms with Crippen LogP contribution in [-0.2, 0) is 4.74 Å². The Balaban J connectivity index is 0.000000605. The van der Waals surface area contributed by atoms with E-state index in [1.807, 2.05) is 0 Å². The molecule has 0 saturated carbocycles. The molecule has 3 atom stereocenters. The molecule has 0 aliphatic carbocycles. The van der Waals surface area contributed by atoms with E-state index in [2.05, 4.69) is 5.43 Å². The zero-order valence-corrected chi connectivity index (χ0v) is 8.50. The number of hydrazine groups is 1. The van der Waals surface area contributed by atoms with Crippen molar-refractivity contribution in [3.63, 3.8) is 0 Å². The average molecular weight is 215 g/mol. The number of hydrogen-bond donors (Lipinski definition) is 2. The van der Waals surface area contributed by atoms with Gasteiger partial charge in [0.15, 0.2) is 0 Å². The molecule has 74 valence electrons. The van der Waals surface area contributed by atoms with Gasteiger partial charge in [0.2, 0.25) is 0 Å². The van der Waals surface area contributed by atoms with Gasteiger partial charge in [0, 0.05) is 12.5 Å². The van der Waals surface area contributed by atoms with E-state index in [9.17, 15) is 0 Å². The Hall–Kier alpha value is 0.460. The molecule has 3 nitrogen and oxygen atoms in total. The molecule has 2 heterocycles. The molecule has 5 heteroatoms. The Kier molecular flexibility index (Phi) is 5.45. The quantitative estimate of drug-likeness (QED) is 0.530. The first-order valence-electron chi connectivity index (χ1n) is 3.99. The zero-order chi connectivity index (χ0) is 6.97. The summed E-state index contributed by atoms with van der Waals surface area (Å²) in [7, 11) is 0. The molecule has 2 bridgehead atoms. The topological polar surface area (TPSA) is 47.3 Å². The third-order valence-electron chi connectivity index (χ3n) is 2.61. The Bertz CT molecular complexity index is 137. The maximum absolute atomic E-state index is 5.64. The summed E-state index contributed by atoms with van der Waals surface area (Å²) < 4.78 is 5.64. The standard InChI is InChI=1S/C7H14N2O.2ClH/c8-9-4-5-3-6-1-2-7(5)10-6;;/h5-7,9H,1-4,8H2;2*1H. The third kappa shape index (κ3) is 2.24. The smallest absolute Gasteiger partial charge is 0.0621 e. The van der Waals surface area contributed by atoms with Crippen molar-refractivity contribution in [1.82, 2.24) is 5.43 Å². The van der Waals surface area contributed by atoms with Crippen molar-refractivity contribution in [2.75, 3.05) is 6.54 Å². The van der Waals surface area contributed by atoms with Crippen molar-refractivity contribution in [1.29, 1.82) is 0 Å². The molecule has 3 unspecified atom stereocenters. The van der Waals surface area contributed by atoms with Gasteiger partial charge in [-0.1, -0.05) is 0 Å². The Morgan fingerprint density at radius 1 is 1.33 bits per heavy atom. The molecule has 2 aliphatic rings. The number of nitrogens with two attached hydrogens (primary N) is 1. The van der Waals surface area contributed by atoms with E-state index in [-0.39, 0.29) is 24.8 Å². The molecule has 0 spiro atoms. The normalized spacial score (nSPS) is 37.2. The van der Waals surface area contributed by atoms with Crippen molar-refractivity contribution in [2.24, 2.45) is 11.8 Å². The number of halogens is 2. The van der Waals surface area contributed by atoms with Gasteiger partial charge in [0.05, 0.1) is 12.2 Å². The SMILES string of the molecule is Cl.Cl.NNCC1CC2CCC1O2. The number of nitrogens with one attached hydrogen (secondary N) is 1. The van der Waals surface area contributed by atoms with Gasteiger partial charge < -0.3 is 4.74 Å². The number of fused-ring (bicyclic) bond motifs is 2. The second-order valence-corrected chi connectivity index (χ2v) is 3.28. The van der Waals surface area contributed by atoms with Crippen molar-refractivity contribution in [3.8, 4) is 0 Å².